The predicted molar refractivity (Wildman–Crippen MR) is 105 cm³/mol. The fraction of sp³-hybridized carbons (Fsp3) is 0.435. The van der Waals surface area contributed by atoms with Crippen LogP contribution < -0.4 is 5.32 Å². The molecule has 1 heterocycles. The number of nitrogens with zero attached hydrogens (tertiary/aromatic N) is 1. The van der Waals surface area contributed by atoms with Gasteiger partial charge in [0.25, 0.3) is 0 Å². The Morgan fingerprint density at radius 1 is 1.07 bits per heavy atom. The van der Waals surface area contributed by atoms with Crippen molar-refractivity contribution < 1.29 is 9.18 Å². The average molecular weight is 366 g/mol. The van der Waals surface area contributed by atoms with E-state index in [1.807, 2.05) is 12.1 Å². The molecule has 0 aromatic heterocycles. The van der Waals surface area contributed by atoms with Crippen molar-refractivity contribution in [1.82, 2.24) is 10.2 Å². The summed E-state index contributed by atoms with van der Waals surface area (Å²) < 4.78 is 13.1. The summed E-state index contributed by atoms with van der Waals surface area (Å²) in [4.78, 5) is 15.2. The quantitative estimate of drug-likeness (QED) is 0.878. The van der Waals surface area contributed by atoms with Crippen molar-refractivity contribution in [2.75, 3.05) is 13.1 Å². The van der Waals surface area contributed by atoms with Gasteiger partial charge in [0, 0.05) is 13.1 Å². The molecule has 1 aliphatic heterocycles. The number of hydrogen-bond acceptors (Lipinski definition) is 2. The van der Waals surface area contributed by atoms with Crippen LogP contribution in [0.25, 0.3) is 0 Å². The molecule has 2 aliphatic rings. The Balaban J connectivity index is 1.37. The first-order valence-electron chi connectivity index (χ1n) is 10.0. The van der Waals surface area contributed by atoms with Crippen LogP contribution in [0.4, 0.5) is 4.39 Å². The lowest BCUT2D eigenvalue weighted by molar-refractivity contribution is -0.127. The lowest BCUT2D eigenvalue weighted by Crippen LogP contribution is -2.44. The Bertz CT molecular complexity index is 789. The Morgan fingerprint density at radius 2 is 1.89 bits per heavy atom. The number of amides is 1. The predicted octanol–water partition coefficient (Wildman–Crippen LogP) is 4.23. The minimum atomic E-state index is -0.206. The van der Waals surface area contributed by atoms with E-state index >= 15 is 0 Å². The van der Waals surface area contributed by atoms with Crippen LogP contribution in [-0.4, -0.2) is 23.9 Å². The van der Waals surface area contributed by atoms with Gasteiger partial charge in [-0.25, -0.2) is 4.39 Å². The van der Waals surface area contributed by atoms with Crippen LogP contribution >= 0.6 is 0 Å². The lowest BCUT2D eigenvalue weighted by atomic mass is 9.87. The standard InChI is InChI=1S/C23H27FN2O/c24-20-12-10-17(11-13-20)15-26-14-4-7-19(16-26)23(27)25-22-9-3-6-18-5-1-2-8-21(18)22/h1-2,5,8,10-13,19,22H,3-4,6-7,9,14-16H2,(H,25,27)/t19-,22+/m0/s1. The second kappa shape index (κ2) is 8.22. The summed E-state index contributed by atoms with van der Waals surface area (Å²) in [6, 6.07) is 15.3. The van der Waals surface area contributed by atoms with Crippen molar-refractivity contribution in [3.63, 3.8) is 0 Å². The summed E-state index contributed by atoms with van der Waals surface area (Å²) >= 11 is 0. The van der Waals surface area contributed by atoms with Gasteiger partial charge < -0.3 is 5.32 Å². The van der Waals surface area contributed by atoms with Crippen LogP contribution in [0.2, 0.25) is 0 Å². The zero-order valence-corrected chi connectivity index (χ0v) is 15.7. The molecule has 2 atom stereocenters. The molecule has 1 aliphatic carbocycles. The molecule has 0 bridgehead atoms. The third-order valence-electron chi connectivity index (χ3n) is 5.88. The molecule has 0 saturated carbocycles. The second-order valence-electron chi connectivity index (χ2n) is 7.85. The van der Waals surface area contributed by atoms with Gasteiger partial charge in [-0.05, 0) is 67.5 Å². The van der Waals surface area contributed by atoms with E-state index in [9.17, 15) is 9.18 Å². The van der Waals surface area contributed by atoms with Crippen molar-refractivity contribution in [2.24, 2.45) is 5.92 Å². The van der Waals surface area contributed by atoms with Crippen molar-refractivity contribution in [3.8, 4) is 0 Å². The maximum Gasteiger partial charge on any atom is 0.224 e. The minimum absolute atomic E-state index is 0.0355. The Morgan fingerprint density at radius 3 is 2.74 bits per heavy atom. The van der Waals surface area contributed by atoms with Gasteiger partial charge in [0.05, 0.1) is 12.0 Å². The highest BCUT2D eigenvalue weighted by Gasteiger charge is 2.29. The topological polar surface area (TPSA) is 32.3 Å². The maximum atomic E-state index is 13.1. The SMILES string of the molecule is O=C(N[C@@H]1CCCc2ccccc21)[C@H]1CCCN(Cc2ccc(F)cc2)C1. The first-order chi connectivity index (χ1) is 13.2. The number of rotatable bonds is 4. The third kappa shape index (κ3) is 4.38. The normalized spacial score (nSPS) is 22.9. The molecule has 0 radical (unpaired) electrons. The van der Waals surface area contributed by atoms with Crippen LogP contribution in [0.1, 0.15) is 48.4 Å². The van der Waals surface area contributed by atoms with Gasteiger partial charge in [0.1, 0.15) is 5.82 Å². The summed E-state index contributed by atoms with van der Waals surface area (Å²) in [5.41, 5.74) is 3.75. The molecule has 0 unspecified atom stereocenters. The monoisotopic (exact) mass is 366 g/mol. The molecule has 142 valence electrons. The first-order valence-corrected chi connectivity index (χ1v) is 10.0. The molecular formula is C23H27FN2O. The molecule has 0 spiro atoms. The Kier molecular flexibility index (Phi) is 5.53. The maximum absolute atomic E-state index is 13.1. The molecule has 2 aromatic rings. The van der Waals surface area contributed by atoms with Crippen molar-refractivity contribution in [2.45, 2.75) is 44.7 Å². The molecule has 1 saturated heterocycles. The number of aryl methyl sites for hydroxylation is 1. The number of carbonyl (C=O) groups is 1. The molecule has 4 rings (SSSR count). The van der Waals surface area contributed by atoms with Crippen LogP contribution in [0.3, 0.4) is 0 Å². The fourth-order valence-corrected chi connectivity index (χ4v) is 4.45. The number of halogens is 1. The summed E-state index contributed by atoms with van der Waals surface area (Å²) in [6.45, 7) is 2.54. The number of benzene rings is 2. The van der Waals surface area contributed by atoms with Gasteiger partial charge >= 0.3 is 0 Å². The highest BCUT2D eigenvalue weighted by Crippen LogP contribution is 2.30. The van der Waals surface area contributed by atoms with E-state index in [-0.39, 0.29) is 23.7 Å². The van der Waals surface area contributed by atoms with E-state index < -0.39 is 0 Å². The molecule has 27 heavy (non-hydrogen) atoms. The van der Waals surface area contributed by atoms with Gasteiger partial charge in [-0.1, -0.05) is 36.4 Å². The number of nitrogens with one attached hydrogen (secondary N) is 1. The van der Waals surface area contributed by atoms with Gasteiger partial charge in [0.2, 0.25) is 5.91 Å². The van der Waals surface area contributed by atoms with E-state index in [0.717, 1.165) is 57.3 Å². The molecule has 3 nitrogen and oxygen atoms in total. The highest BCUT2D eigenvalue weighted by atomic mass is 19.1. The van der Waals surface area contributed by atoms with Crippen molar-refractivity contribution in [1.29, 1.82) is 0 Å². The van der Waals surface area contributed by atoms with Gasteiger partial charge in [-0.15, -0.1) is 0 Å². The summed E-state index contributed by atoms with van der Waals surface area (Å²) in [5, 5.41) is 3.32. The van der Waals surface area contributed by atoms with Crippen LogP contribution in [0.15, 0.2) is 48.5 Å². The summed E-state index contributed by atoms with van der Waals surface area (Å²) in [5.74, 6) is 0.0104. The molecule has 2 aromatic carbocycles. The molecular weight excluding hydrogens is 339 g/mol. The second-order valence-corrected chi connectivity index (χ2v) is 7.85. The smallest absolute Gasteiger partial charge is 0.224 e. The number of carbonyl (C=O) groups excluding carboxylic acids is 1. The Labute approximate surface area is 160 Å². The Hall–Kier alpha value is -2.20. The average Bonchev–Trinajstić information content (AvgIpc) is 2.70. The number of piperidine rings is 1. The zero-order chi connectivity index (χ0) is 18.6. The number of likely N-dealkylation sites (tertiary alicyclic amines) is 1. The van der Waals surface area contributed by atoms with Crippen LogP contribution in [-0.2, 0) is 17.8 Å². The van der Waals surface area contributed by atoms with Gasteiger partial charge in [0.15, 0.2) is 0 Å². The summed E-state index contributed by atoms with van der Waals surface area (Å²) in [7, 11) is 0. The third-order valence-corrected chi connectivity index (χ3v) is 5.88. The number of hydrogen-bond donors (Lipinski definition) is 1. The molecule has 4 heteroatoms. The van der Waals surface area contributed by atoms with Crippen molar-refractivity contribution >= 4 is 5.91 Å². The van der Waals surface area contributed by atoms with Crippen LogP contribution in [0, 0.1) is 11.7 Å². The lowest BCUT2D eigenvalue weighted by Gasteiger charge is -2.34. The highest BCUT2D eigenvalue weighted by molar-refractivity contribution is 5.79. The summed E-state index contributed by atoms with van der Waals surface area (Å²) in [6.07, 6.45) is 5.23. The first kappa shape index (κ1) is 18.2. The van der Waals surface area contributed by atoms with Crippen molar-refractivity contribution in [3.05, 3.63) is 71.0 Å². The largest absolute Gasteiger partial charge is 0.349 e. The van der Waals surface area contributed by atoms with Gasteiger partial charge in [-0.2, -0.15) is 0 Å². The van der Waals surface area contributed by atoms with E-state index in [4.69, 9.17) is 0 Å². The minimum Gasteiger partial charge on any atom is -0.349 e. The number of fused-ring (bicyclic) bond motifs is 1. The molecule has 1 fully saturated rings. The van der Waals surface area contributed by atoms with Crippen LogP contribution in [0.5, 0.6) is 0 Å². The van der Waals surface area contributed by atoms with E-state index in [1.165, 1.54) is 23.3 Å². The molecule has 1 amide bonds. The molecule has 1 N–H and O–H groups in total. The zero-order valence-electron chi connectivity index (χ0n) is 15.7. The van der Waals surface area contributed by atoms with E-state index in [2.05, 4.69) is 34.5 Å². The van der Waals surface area contributed by atoms with Gasteiger partial charge in [-0.3, -0.25) is 9.69 Å². The van der Waals surface area contributed by atoms with E-state index in [0.29, 0.717) is 0 Å². The fourth-order valence-electron chi connectivity index (χ4n) is 4.45. The van der Waals surface area contributed by atoms with E-state index in [1.54, 1.807) is 0 Å².